The lowest BCUT2D eigenvalue weighted by molar-refractivity contribution is -0.149. The fourth-order valence-electron chi connectivity index (χ4n) is 2.29. The number of rotatable bonds is 5. The smallest absolute Gasteiger partial charge is 0.307 e. The summed E-state index contributed by atoms with van der Waals surface area (Å²) >= 11 is 0. The number of nitrogens with two attached hydrogens (primary N) is 1. The second-order valence-corrected chi connectivity index (χ2v) is 5.34. The van der Waals surface area contributed by atoms with Crippen LogP contribution in [-0.4, -0.2) is 65.4 Å². The molecule has 1 fully saturated rings. The molecule has 1 aliphatic rings. The minimum absolute atomic E-state index is 0.138. The van der Waals surface area contributed by atoms with E-state index >= 15 is 0 Å². The van der Waals surface area contributed by atoms with Gasteiger partial charge in [-0.3, -0.25) is 19.3 Å². The van der Waals surface area contributed by atoms with Crippen LogP contribution in [0.15, 0.2) is 0 Å². The molecule has 1 rings (SSSR count). The summed E-state index contributed by atoms with van der Waals surface area (Å²) in [4.78, 5) is 37.7. The molecular formula is C13H23N3O4. The molecule has 0 aromatic rings. The van der Waals surface area contributed by atoms with Crippen molar-refractivity contribution >= 4 is 17.8 Å². The van der Waals surface area contributed by atoms with Crippen LogP contribution in [0.25, 0.3) is 0 Å². The lowest BCUT2D eigenvalue weighted by atomic mass is 9.94. The number of aliphatic carboxylic acids is 1. The number of carboxylic acid groups (broad SMARTS) is 1. The summed E-state index contributed by atoms with van der Waals surface area (Å²) in [5.41, 5.74) is 5.16. The van der Waals surface area contributed by atoms with Crippen molar-refractivity contribution in [3.63, 3.8) is 0 Å². The summed E-state index contributed by atoms with van der Waals surface area (Å²) < 4.78 is 0. The van der Waals surface area contributed by atoms with Crippen molar-refractivity contribution in [1.29, 1.82) is 0 Å². The number of carbonyl (C=O) groups is 3. The Hall–Kier alpha value is -1.63. The molecule has 1 saturated heterocycles. The van der Waals surface area contributed by atoms with Crippen LogP contribution in [0, 0.1) is 11.8 Å². The van der Waals surface area contributed by atoms with E-state index in [1.165, 1.54) is 0 Å². The van der Waals surface area contributed by atoms with Crippen molar-refractivity contribution < 1.29 is 19.5 Å². The molecule has 0 saturated carbocycles. The van der Waals surface area contributed by atoms with Gasteiger partial charge < -0.3 is 15.7 Å². The average molecular weight is 285 g/mol. The third-order valence-electron chi connectivity index (χ3n) is 3.81. The summed E-state index contributed by atoms with van der Waals surface area (Å²) in [6.45, 7) is 5.78. The van der Waals surface area contributed by atoms with E-state index in [1.54, 1.807) is 18.7 Å². The van der Waals surface area contributed by atoms with Gasteiger partial charge in [0.2, 0.25) is 11.8 Å². The van der Waals surface area contributed by atoms with Gasteiger partial charge in [-0.25, -0.2) is 0 Å². The number of nitrogens with zero attached hydrogens (tertiary/aromatic N) is 2. The van der Waals surface area contributed by atoms with Crippen LogP contribution in [-0.2, 0) is 14.4 Å². The molecule has 114 valence electrons. The van der Waals surface area contributed by atoms with Gasteiger partial charge in [-0.15, -0.1) is 0 Å². The van der Waals surface area contributed by atoms with E-state index in [4.69, 9.17) is 10.8 Å². The van der Waals surface area contributed by atoms with Gasteiger partial charge in [0.15, 0.2) is 0 Å². The predicted molar refractivity (Wildman–Crippen MR) is 72.8 cm³/mol. The first-order valence-electron chi connectivity index (χ1n) is 6.85. The normalized spacial score (nSPS) is 20.0. The summed E-state index contributed by atoms with van der Waals surface area (Å²) in [6.07, 6.45) is 0.757. The lowest BCUT2D eigenvalue weighted by Gasteiger charge is -2.26. The zero-order valence-corrected chi connectivity index (χ0v) is 12.0. The van der Waals surface area contributed by atoms with Gasteiger partial charge in [-0.1, -0.05) is 13.8 Å². The molecule has 1 heterocycles. The standard InChI is InChI=1S/C13H23N3O4/c1-9(10(2)13(19)20)12(18)16-5-3-4-15(6-7-16)8-11(14)17/h9-10H,3-8H2,1-2H3,(H2,14,17)(H,19,20). The number of primary amides is 1. The highest BCUT2D eigenvalue weighted by molar-refractivity contribution is 5.84. The minimum Gasteiger partial charge on any atom is -0.481 e. The van der Waals surface area contributed by atoms with E-state index in [9.17, 15) is 14.4 Å². The maximum absolute atomic E-state index is 12.3. The molecule has 0 aromatic heterocycles. The summed E-state index contributed by atoms with van der Waals surface area (Å²) in [7, 11) is 0. The molecule has 0 radical (unpaired) electrons. The molecule has 0 aromatic carbocycles. The second-order valence-electron chi connectivity index (χ2n) is 5.34. The highest BCUT2D eigenvalue weighted by atomic mass is 16.4. The Kier molecular flexibility index (Phi) is 5.94. The number of carbonyl (C=O) groups excluding carboxylic acids is 2. The minimum atomic E-state index is -0.962. The van der Waals surface area contributed by atoms with Crippen LogP contribution < -0.4 is 5.73 Å². The summed E-state index contributed by atoms with van der Waals surface area (Å²) in [5, 5.41) is 8.97. The van der Waals surface area contributed by atoms with Crippen molar-refractivity contribution in [1.82, 2.24) is 9.80 Å². The Morgan fingerprint density at radius 2 is 1.75 bits per heavy atom. The van der Waals surface area contributed by atoms with Crippen LogP contribution in [0.5, 0.6) is 0 Å². The average Bonchev–Trinajstić information content (AvgIpc) is 2.61. The molecule has 2 amide bonds. The van der Waals surface area contributed by atoms with E-state index in [-0.39, 0.29) is 18.4 Å². The van der Waals surface area contributed by atoms with E-state index < -0.39 is 17.8 Å². The molecule has 1 aliphatic heterocycles. The SMILES string of the molecule is CC(C(=O)O)C(C)C(=O)N1CCCN(CC(N)=O)CC1. The molecule has 2 atom stereocenters. The van der Waals surface area contributed by atoms with Crippen molar-refractivity contribution in [3.8, 4) is 0 Å². The first kappa shape index (κ1) is 16.4. The first-order valence-corrected chi connectivity index (χ1v) is 6.85. The van der Waals surface area contributed by atoms with Crippen molar-refractivity contribution in [2.45, 2.75) is 20.3 Å². The van der Waals surface area contributed by atoms with Gasteiger partial charge in [0.05, 0.1) is 12.5 Å². The molecule has 0 bridgehead atoms. The van der Waals surface area contributed by atoms with Crippen LogP contribution in [0.3, 0.4) is 0 Å². The number of carboxylic acids is 1. The van der Waals surface area contributed by atoms with E-state index in [2.05, 4.69) is 0 Å². The van der Waals surface area contributed by atoms with Gasteiger partial charge in [-0.2, -0.15) is 0 Å². The highest BCUT2D eigenvalue weighted by Crippen LogP contribution is 2.16. The lowest BCUT2D eigenvalue weighted by Crippen LogP contribution is -2.42. The van der Waals surface area contributed by atoms with Crippen molar-refractivity contribution in [2.75, 3.05) is 32.7 Å². The number of hydrogen-bond donors (Lipinski definition) is 2. The topological polar surface area (TPSA) is 104 Å². The molecule has 2 unspecified atom stereocenters. The fraction of sp³-hybridized carbons (Fsp3) is 0.769. The van der Waals surface area contributed by atoms with Crippen molar-refractivity contribution in [2.24, 2.45) is 17.6 Å². The maximum atomic E-state index is 12.3. The highest BCUT2D eigenvalue weighted by Gasteiger charge is 2.30. The third kappa shape index (κ3) is 4.48. The van der Waals surface area contributed by atoms with Crippen LogP contribution in [0.1, 0.15) is 20.3 Å². The number of amides is 2. The van der Waals surface area contributed by atoms with E-state index in [0.29, 0.717) is 19.6 Å². The molecule has 7 heteroatoms. The maximum Gasteiger partial charge on any atom is 0.307 e. The van der Waals surface area contributed by atoms with Gasteiger partial charge in [0.25, 0.3) is 0 Å². The Morgan fingerprint density at radius 1 is 1.10 bits per heavy atom. The van der Waals surface area contributed by atoms with Crippen LogP contribution >= 0.6 is 0 Å². The van der Waals surface area contributed by atoms with Crippen molar-refractivity contribution in [3.05, 3.63) is 0 Å². The first-order chi connectivity index (χ1) is 9.32. The molecule has 0 spiro atoms. The summed E-state index contributed by atoms with van der Waals surface area (Å²) in [5.74, 6) is -2.72. The van der Waals surface area contributed by atoms with Gasteiger partial charge >= 0.3 is 5.97 Å². The molecular weight excluding hydrogens is 262 g/mol. The Bertz CT molecular complexity index is 386. The largest absolute Gasteiger partial charge is 0.481 e. The quantitative estimate of drug-likeness (QED) is 0.699. The molecule has 7 nitrogen and oxygen atoms in total. The zero-order valence-electron chi connectivity index (χ0n) is 12.0. The predicted octanol–water partition coefficient (Wildman–Crippen LogP) is -0.637. The Morgan fingerprint density at radius 3 is 2.30 bits per heavy atom. The summed E-state index contributed by atoms with van der Waals surface area (Å²) in [6, 6.07) is 0. The zero-order chi connectivity index (χ0) is 15.3. The molecule has 3 N–H and O–H groups in total. The van der Waals surface area contributed by atoms with Gasteiger partial charge in [0, 0.05) is 32.1 Å². The fourth-order valence-corrected chi connectivity index (χ4v) is 2.29. The Balaban J connectivity index is 2.58. The number of hydrogen-bond acceptors (Lipinski definition) is 4. The molecule has 20 heavy (non-hydrogen) atoms. The van der Waals surface area contributed by atoms with Crippen LogP contribution in [0.2, 0.25) is 0 Å². The van der Waals surface area contributed by atoms with E-state index in [0.717, 1.165) is 13.0 Å². The second kappa shape index (κ2) is 7.23. The third-order valence-corrected chi connectivity index (χ3v) is 3.81. The van der Waals surface area contributed by atoms with Crippen LogP contribution in [0.4, 0.5) is 0 Å². The molecule has 0 aliphatic carbocycles. The Labute approximate surface area is 118 Å². The van der Waals surface area contributed by atoms with Gasteiger partial charge in [-0.05, 0) is 6.42 Å². The van der Waals surface area contributed by atoms with Gasteiger partial charge in [0.1, 0.15) is 0 Å². The van der Waals surface area contributed by atoms with E-state index in [1.807, 2.05) is 4.90 Å². The monoisotopic (exact) mass is 285 g/mol.